The summed E-state index contributed by atoms with van der Waals surface area (Å²) in [5, 5.41) is 9.15. The SMILES string of the molecule is CC1CN(c2nccnc2C#N)CCN1C(=O)c1cc[nH]c(=O)c1. The summed E-state index contributed by atoms with van der Waals surface area (Å²) in [5.74, 6) is 0.364. The van der Waals surface area contributed by atoms with Gasteiger partial charge in [0.2, 0.25) is 5.56 Å². The molecule has 1 amide bonds. The van der Waals surface area contributed by atoms with Crippen molar-refractivity contribution in [1.29, 1.82) is 5.26 Å². The number of carbonyl (C=O) groups excluding carboxylic acids is 1. The quantitative estimate of drug-likeness (QED) is 0.856. The van der Waals surface area contributed by atoms with E-state index in [0.717, 1.165) is 0 Å². The summed E-state index contributed by atoms with van der Waals surface area (Å²) in [4.78, 5) is 38.4. The number of pyridine rings is 1. The van der Waals surface area contributed by atoms with Gasteiger partial charge in [-0.1, -0.05) is 0 Å². The number of piperazine rings is 1. The number of hydrogen-bond donors (Lipinski definition) is 1. The fourth-order valence-corrected chi connectivity index (χ4v) is 2.84. The molecule has 0 spiro atoms. The molecule has 24 heavy (non-hydrogen) atoms. The molecule has 0 radical (unpaired) electrons. The Hall–Kier alpha value is -3.21. The van der Waals surface area contributed by atoms with Crippen LogP contribution in [-0.4, -0.2) is 51.4 Å². The van der Waals surface area contributed by atoms with Gasteiger partial charge in [-0.2, -0.15) is 5.26 Å². The number of aromatic nitrogens is 3. The van der Waals surface area contributed by atoms with Crippen LogP contribution in [0.15, 0.2) is 35.5 Å². The van der Waals surface area contributed by atoms with Crippen LogP contribution in [0.1, 0.15) is 23.0 Å². The normalized spacial score (nSPS) is 17.4. The van der Waals surface area contributed by atoms with Crippen molar-refractivity contribution in [2.75, 3.05) is 24.5 Å². The molecule has 8 heteroatoms. The minimum atomic E-state index is -0.301. The number of hydrogen-bond acceptors (Lipinski definition) is 6. The van der Waals surface area contributed by atoms with Gasteiger partial charge in [0.05, 0.1) is 0 Å². The number of anilines is 1. The molecule has 8 nitrogen and oxygen atoms in total. The average molecular weight is 324 g/mol. The Morgan fingerprint density at radius 1 is 1.38 bits per heavy atom. The number of nitrogens with zero attached hydrogens (tertiary/aromatic N) is 5. The van der Waals surface area contributed by atoms with Crippen LogP contribution in [-0.2, 0) is 0 Å². The highest BCUT2D eigenvalue weighted by Crippen LogP contribution is 2.20. The number of H-pyrrole nitrogens is 1. The molecular weight excluding hydrogens is 308 g/mol. The van der Waals surface area contributed by atoms with Gasteiger partial charge in [-0.3, -0.25) is 9.59 Å². The largest absolute Gasteiger partial charge is 0.350 e. The maximum atomic E-state index is 12.6. The van der Waals surface area contributed by atoms with Crippen molar-refractivity contribution in [3.63, 3.8) is 0 Å². The van der Waals surface area contributed by atoms with Gasteiger partial charge in [0.15, 0.2) is 11.5 Å². The lowest BCUT2D eigenvalue weighted by atomic mass is 10.1. The van der Waals surface area contributed by atoms with Crippen LogP contribution < -0.4 is 10.5 Å². The highest BCUT2D eigenvalue weighted by atomic mass is 16.2. The third kappa shape index (κ3) is 2.96. The second-order valence-electron chi connectivity index (χ2n) is 5.58. The molecule has 1 aliphatic heterocycles. The fraction of sp³-hybridized carbons (Fsp3) is 0.312. The third-order valence-electron chi connectivity index (χ3n) is 3.99. The molecule has 1 fully saturated rings. The van der Waals surface area contributed by atoms with E-state index in [-0.39, 0.29) is 23.2 Å². The Morgan fingerprint density at radius 3 is 2.88 bits per heavy atom. The molecule has 1 aliphatic rings. The molecule has 2 aromatic rings. The van der Waals surface area contributed by atoms with Crippen molar-refractivity contribution in [3.05, 3.63) is 52.3 Å². The zero-order valence-corrected chi connectivity index (χ0v) is 13.1. The van der Waals surface area contributed by atoms with E-state index >= 15 is 0 Å². The Bertz CT molecular complexity index is 856. The lowest BCUT2D eigenvalue weighted by Crippen LogP contribution is -2.54. The van der Waals surface area contributed by atoms with Crippen LogP contribution in [0.4, 0.5) is 5.82 Å². The first-order valence-corrected chi connectivity index (χ1v) is 7.56. The molecule has 0 aliphatic carbocycles. The number of amides is 1. The summed E-state index contributed by atoms with van der Waals surface area (Å²) in [5.41, 5.74) is 0.348. The fourth-order valence-electron chi connectivity index (χ4n) is 2.84. The molecule has 3 heterocycles. The van der Waals surface area contributed by atoms with E-state index in [2.05, 4.69) is 15.0 Å². The smallest absolute Gasteiger partial charge is 0.254 e. The zero-order valence-electron chi connectivity index (χ0n) is 13.1. The van der Waals surface area contributed by atoms with E-state index in [1.807, 2.05) is 17.9 Å². The van der Waals surface area contributed by atoms with E-state index in [4.69, 9.17) is 5.26 Å². The Balaban J connectivity index is 1.77. The maximum absolute atomic E-state index is 12.6. The lowest BCUT2D eigenvalue weighted by Gasteiger charge is -2.40. The van der Waals surface area contributed by atoms with E-state index in [1.165, 1.54) is 18.5 Å². The molecule has 0 aromatic carbocycles. The van der Waals surface area contributed by atoms with Crippen molar-refractivity contribution in [2.24, 2.45) is 0 Å². The molecule has 3 rings (SSSR count). The van der Waals surface area contributed by atoms with Crippen LogP contribution in [0, 0.1) is 11.3 Å². The molecule has 1 unspecified atom stereocenters. The second-order valence-corrected chi connectivity index (χ2v) is 5.58. The third-order valence-corrected chi connectivity index (χ3v) is 3.99. The number of aromatic amines is 1. The molecule has 122 valence electrons. The van der Waals surface area contributed by atoms with Crippen molar-refractivity contribution < 1.29 is 4.79 Å². The summed E-state index contributed by atoms with van der Waals surface area (Å²) in [6.45, 7) is 3.50. The highest BCUT2D eigenvalue weighted by Gasteiger charge is 2.29. The van der Waals surface area contributed by atoms with Crippen LogP contribution in [0.5, 0.6) is 0 Å². The first-order valence-electron chi connectivity index (χ1n) is 7.56. The summed E-state index contributed by atoms with van der Waals surface area (Å²) in [6, 6.07) is 4.86. The predicted molar refractivity (Wildman–Crippen MR) is 86.5 cm³/mol. The van der Waals surface area contributed by atoms with E-state index < -0.39 is 0 Å². The van der Waals surface area contributed by atoms with Gasteiger partial charge in [-0.25, -0.2) is 9.97 Å². The van der Waals surface area contributed by atoms with Crippen molar-refractivity contribution in [2.45, 2.75) is 13.0 Å². The molecule has 0 bridgehead atoms. The van der Waals surface area contributed by atoms with Crippen LogP contribution in [0.25, 0.3) is 0 Å². The van der Waals surface area contributed by atoms with Gasteiger partial charge >= 0.3 is 0 Å². The predicted octanol–water partition coefficient (Wildman–Crippen LogP) is 0.387. The van der Waals surface area contributed by atoms with Gasteiger partial charge in [-0.15, -0.1) is 0 Å². The van der Waals surface area contributed by atoms with Gasteiger partial charge in [0.25, 0.3) is 5.91 Å². The van der Waals surface area contributed by atoms with Gasteiger partial charge < -0.3 is 14.8 Å². The Morgan fingerprint density at radius 2 is 2.17 bits per heavy atom. The average Bonchev–Trinajstić information content (AvgIpc) is 2.61. The van der Waals surface area contributed by atoms with E-state index in [9.17, 15) is 9.59 Å². The maximum Gasteiger partial charge on any atom is 0.254 e. The minimum Gasteiger partial charge on any atom is -0.350 e. The van der Waals surface area contributed by atoms with E-state index in [0.29, 0.717) is 31.0 Å². The summed E-state index contributed by atoms with van der Waals surface area (Å²) in [7, 11) is 0. The van der Waals surface area contributed by atoms with Crippen molar-refractivity contribution in [3.8, 4) is 6.07 Å². The minimum absolute atomic E-state index is 0.0842. The van der Waals surface area contributed by atoms with Gasteiger partial charge in [-0.05, 0) is 13.0 Å². The number of nitrogens with one attached hydrogen (secondary N) is 1. The second kappa shape index (κ2) is 6.50. The molecule has 1 atom stereocenters. The summed E-state index contributed by atoms with van der Waals surface area (Å²) < 4.78 is 0. The monoisotopic (exact) mass is 324 g/mol. The first kappa shape index (κ1) is 15.7. The summed E-state index contributed by atoms with van der Waals surface area (Å²) in [6.07, 6.45) is 4.50. The van der Waals surface area contributed by atoms with Gasteiger partial charge in [0, 0.05) is 55.9 Å². The summed E-state index contributed by atoms with van der Waals surface area (Å²) >= 11 is 0. The van der Waals surface area contributed by atoms with Crippen molar-refractivity contribution >= 4 is 11.7 Å². The Kier molecular flexibility index (Phi) is 4.24. The first-order chi connectivity index (χ1) is 11.6. The zero-order chi connectivity index (χ0) is 17.1. The molecule has 0 saturated carbocycles. The number of rotatable bonds is 2. The van der Waals surface area contributed by atoms with Crippen LogP contribution in [0.3, 0.4) is 0 Å². The molecule has 1 N–H and O–H groups in total. The number of carbonyl (C=O) groups is 1. The van der Waals surface area contributed by atoms with Crippen LogP contribution >= 0.6 is 0 Å². The van der Waals surface area contributed by atoms with Gasteiger partial charge in [0.1, 0.15) is 6.07 Å². The molecule has 1 saturated heterocycles. The van der Waals surface area contributed by atoms with Crippen molar-refractivity contribution in [1.82, 2.24) is 19.9 Å². The van der Waals surface area contributed by atoms with E-state index in [1.54, 1.807) is 17.2 Å². The standard InChI is InChI=1S/C16H16N6O2/c1-11-10-21(15-13(9-17)18-4-5-20-15)6-7-22(11)16(24)12-2-3-19-14(23)8-12/h2-5,8,11H,6-7,10H2,1H3,(H,19,23). The lowest BCUT2D eigenvalue weighted by molar-refractivity contribution is 0.0673. The topological polar surface area (TPSA) is 106 Å². The highest BCUT2D eigenvalue weighted by molar-refractivity contribution is 5.94. The Labute approximate surface area is 138 Å². The number of nitriles is 1. The van der Waals surface area contributed by atoms with Crippen LogP contribution in [0.2, 0.25) is 0 Å². The molecule has 2 aromatic heterocycles. The molecular formula is C16H16N6O2.